The molecule has 1 aliphatic heterocycles. The minimum atomic E-state index is -1.22. The Kier molecular flexibility index (Phi) is 6.81. The van der Waals surface area contributed by atoms with Crippen LogP contribution in [0.1, 0.15) is 72.4 Å². The van der Waals surface area contributed by atoms with E-state index in [1.165, 1.54) is 0 Å². The number of benzene rings is 1. The number of aromatic nitrogens is 2. The third-order valence-corrected chi connectivity index (χ3v) is 6.27. The Balaban J connectivity index is 1.43. The van der Waals surface area contributed by atoms with E-state index in [-0.39, 0.29) is 31.5 Å². The number of nitrogens with zero attached hydrogens (tertiary/aromatic N) is 3. The molecule has 0 saturated heterocycles. The summed E-state index contributed by atoms with van der Waals surface area (Å²) in [5, 5.41) is 11.7. The van der Waals surface area contributed by atoms with E-state index in [1.54, 1.807) is 6.92 Å². The minimum Gasteiger partial charge on any atom is -0.463 e. The highest BCUT2D eigenvalue weighted by Crippen LogP contribution is 2.31. The molecule has 4 rings (SSSR count). The molecule has 0 spiro atoms. The standard InChI is InChI=1S/C25H32N4O4/c1-4-32-24(31)25(14-19-9-7-8-17(2)12-19)15-20(28-33-25)16-26-23(30)22-13-18(3)27-29(22)21-10-5-6-11-21/h7-9,12-13,21H,4-6,10-11,14-16H2,1-3H3,(H,26,30). The van der Waals surface area contributed by atoms with Crippen LogP contribution < -0.4 is 5.32 Å². The largest absolute Gasteiger partial charge is 0.463 e. The van der Waals surface area contributed by atoms with Crippen LogP contribution in [-0.2, 0) is 20.8 Å². The molecule has 1 aliphatic carbocycles. The monoisotopic (exact) mass is 452 g/mol. The lowest BCUT2D eigenvalue weighted by molar-refractivity contribution is -0.168. The molecule has 33 heavy (non-hydrogen) atoms. The van der Waals surface area contributed by atoms with E-state index in [9.17, 15) is 9.59 Å². The van der Waals surface area contributed by atoms with Gasteiger partial charge in [-0.2, -0.15) is 5.10 Å². The third kappa shape index (κ3) is 5.10. The Bertz CT molecular complexity index is 1050. The maximum atomic E-state index is 13.0. The SMILES string of the molecule is CCOC(=O)C1(Cc2cccc(C)c2)CC(CNC(=O)c2cc(C)nn2C2CCCC2)=NO1. The molecule has 2 aliphatic rings. The van der Waals surface area contributed by atoms with Gasteiger partial charge in [0.25, 0.3) is 5.91 Å². The van der Waals surface area contributed by atoms with Crippen LogP contribution in [0.15, 0.2) is 35.5 Å². The lowest BCUT2D eigenvalue weighted by atomic mass is 9.89. The second-order valence-corrected chi connectivity index (χ2v) is 9.04. The fraction of sp³-hybridized carbons (Fsp3) is 0.520. The number of hydrogen-bond donors (Lipinski definition) is 1. The fourth-order valence-corrected chi connectivity index (χ4v) is 4.72. The van der Waals surface area contributed by atoms with E-state index in [0.717, 1.165) is 42.5 Å². The van der Waals surface area contributed by atoms with E-state index in [2.05, 4.69) is 15.6 Å². The summed E-state index contributed by atoms with van der Waals surface area (Å²) in [4.78, 5) is 31.5. The summed E-state index contributed by atoms with van der Waals surface area (Å²) in [5.74, 6) is -0.635. The van der Waals surface area contributed by atoms with E-state index in [1.807, 2.05) is 48.9 Å². The van der Waals surface area contributed by atoms with Crippen molar-refractivity contribution in [3.05, 3.63) is 52.8 Å². The van der Waals surface area contributed by atoms with E-state index in [0.29, 0.717) is 17.8 Å². The molecule has 2 aromatic rings. The molecule has 1 N–H and O–H groups in total. The second-order valence-electron chi connectivity index (χ2n) is 9.04. The number of oxime groups is 1. The summed E-state index contributed by atoms with van der Waals surface area (Å²) in [6.45, 7) is 6.13. The minimum absolute atomic E-state index is 0.197. The average Bonchev–Trinajstić information content (AvgIpc) is 3.52. The highest BCUT2D eigenvalue weighted by molar-refractivity contribution is 5.99. The van der Waals surface area contributed by atoms with Crippen molar-refractivity contribution in [3.63, 3.8) is 0 Å². The van der Waals surface area contributed by atoms with Crippen LogP contribution in [0.4, 0.5) is 0 Å². The molecule has 1 unspecified atom stereocenters. The zero-order chi connectivity index (χ0) is 23.4. The average molecular weight is 453 g/mol. The van der Waals surface area contributed by atoms with Gasteiger partial charge in [-0.05, 0) is 45.2 Å². The summed E-state index contributed by atoms with van der Waals surface area (Å²) in [6, 6.07) is 10.0. The Morgan fingerprint density at radius 1 is 1.24 bits per heavy atom. The van der Waals surface area contributed by atoms with Crippen molar-refractivity contribution in [3.8, 4) is 0 Å². The zero-order valence-corrected chi connectivity index (χ0v) is 19.6. The van der Waals surface area contributed by atoms with Gasteiger partial charge in [0.2, 0.25) is 5.60 Å². The number of carbonyl (C=O) groups is 2. The van der Waals surface area contributed by atoms with Crippen LogP contribution in [-0.4, -0.2) is 46.1 Å². The zero-order valence-electron chi connectivity index (χ0n) is 19.6. The van der Waals surface area contributed by atoms with Crippen LogP contribution in [0, 0.1) is 13.8 Å². The number of rotatable bonds is 8. The van der Waals surface area contributed by atoms with Crippen LogP contribution >= 0.6 is 0 Å². The first-order valence-corrected chi connectivity index (χ1v) is 11.7. The number of carbonyl (C=O) groups excluding carboxylic acids is 2. The first-order chi connectivity index (χ1) is 15.9. The van der Waals surface area contributed by atoms with Crippen molar-refractivity contribution in [2.24, 2.45) is 5.16 Å². The topological polar surface area (TPSA) is 94.8 Å². The van der Waals surface area contributed by atoms with Gasteiger partial charge in [0.15, 0.2) is 0 Å². The number of hydrogen-bond acceptors (Lipinski definition) is 6. The fourth-order valence-electron chi connectivity index (χ4n) is 4.72. The predicted molar refractivity (Wildman–Crippen MR) is 124 cm³/mol. The lowest BCUT2D eigenvalue weighted by Crippen LogP contribution is -2.43. The van der Waals surface area contributed by atoms with Crippen LogP contribution in [0.5, 0.6) is 0 Å². The molecule has 176 valence electrons. The normalized spacial score (nSPS) is 20.4. The molecule has 2 heterocycles. The van der Waals surface area contributed by atoms with Crippen molar-refractivity contribution in [1.29, 1.82) is 0 Å². The van der Waals surface area contributed by atoms with Gasteiger partial charge in [-0.15, -0.1) is 0 Å². The van der Waals surface area contributed by atoms with Crippen molar-refractivity contribution in [2.45, 2.75) is 70.9 Å². The van der Waals surface area contributed by atoms with Gasteiger partial charge in [-0.3, -0.25) is 9.48 Å². The summed E-state index contributed by atoms with van der Waals surface area (Å²) in [5.41, 5.74) is 2.86. The highest BCUT2D eigenvalue weighted by Gasteiger charge is 2.48. The number of aryl methyl sites for hydroxylation is 2. The Labute approximate surface area is 194 Å². The predicted octanol–water partition coefficient (Wildman–Crippen LogP) is 3.67. The number of esters is 1. The molecular formula is C25H32N4O4. The van der Waals surface area contributed by atoms with Crippen LogP contribution in [0.3, 0.4) is 0 Å². The summed E-state index contributed by atoms with van der Waals surface area (Å²) >= 11 is 0. The van der Waals surface area contributed by atoms with Crippen molar-refractivity contribution >= 4 is 17.6 Å². The molecule has 0 bridgehead atoms. The molecule has 8 nitrogen and oxygen atoms in total. The van der Waals surface area contributed by atoms with E-state index in [4.69, 9.17) is 9.57 Å². The quantitative estimate of drug-likeness (QED) is 0.617. The Hall–Kier alpha value is -3.16. The molecule has 1 amide bonds. The smallest absolute Gasteiger partial charge is 0.354 e. The first kappa shape index (κ1) is 23.0. The molecule has 1 fully saturated rings. The van der Waals surface area contributed by atoms with Crippen molar-refractivity contribution in [2.75, 3.05) is 13.2 Å². The summed E-state index contributed by atoms with van der Waals surface area (Å²) in [6.07, 6.45) is 5.03. The van der Waals surface area contributed by atoms with Gasteiger partial charge in [-0.25, -0.2) is 4.79 Å². The molecule has 1 atom stereocenters. The number of nitrogens with one attached hydrogen (secondary N) is 1. The van der Waals surface area contributed by atoms with Gasteiger partial charge in [0.05, 0.1) is 30.6 Å². The maximum absolute atomic E-state index is 13.0. The van der Waals surface area contributed by atoms with Crippen molar-refractivity contribution < 1.29 is 19.2 Å². The van der Waals surface area contributed by atoms with Gasteiger partial charge in [0, 0.05) is 12.8 Å². The van der Waals surface area contributed by atoms with Gasteiger partial charge >= 0.3 is 5.97 Å². The first-order valence-electron chi connectivity index (χ1n) is 11.7. The van der Waals surface area contributed by atoms with E-state index < -0.39 is 11.6 Å². The third-order valence-electron chi connectivity index (χ3n) is 6.27. The van der Waals surface area contributed by atoms with Gasteiger partial charge in [-0.1, -0.05) is 47.8 Å². The second kappa shape index (κ2) is 9.77. The molecule has 0 radical (unpaired) electrons. The molecule has 8 heteroatoms. The maximum Gasteiger partial charge on any atom is 0.354 e. The summed E-state index contributed by atoms with van der Waals surface area (Å²) < 4.78 is 7.18. The van der Waals surface area contributed by atoms with Crippen LogP contribution in [0.2, 0.25) is 0 Å². The van der Waals surface area contributed by atoms with Gasteiger partial charge in [0.1, 0.15) is 5.69 Å². The van der Waals surface area contributed by atoms with Crippen molar-refractivity contribution in [1.82, 2.24) is 15.1 Å². The van der Waals surface area contributed by atoms with E-state index >= 15 is 0 Å². The Morgan fingerprint density at radius 3 is 2.76 bits per heavy atom. The number of amides is 1. The van der Waals surface area contributed by atoms with Gasteiger partial charge < -0.3 is 14.9 Å². The molecule has 1 aromatic heterocycles. The lowest BCUT2D eigenvalue weighted by Gasteiger charge is -2.24. The number of ether oxygens (including phenoxy) is 1. The highest BCUT2D eigenvalue weighted by atomic mass is 16.7. The van der Waals surface area contributed by atoms with Crippen LogP contribution in [0.25, 0.3) is 0 Å². The Morgan fingerprint density at radius 2 is 2.03 bits per heavy atom. The molecular weight excluding hydrogens is 420 g/mol. The molecule has 1 saturated carbocycles. The summed E-state index contributed by atoms with van der Waals surface area (Å²) in [7, 11) is 0. The molecule has 1 aromatic carbocycles.